The van der Waals surface area contributed by atoms with Gasteiger partial charge in [-0.2, -0.15) is 0 Å². The molecule has 0 amide bonds. The van der Waals surface area contributed by atoms with Crippen LogP contribution in [0.4, 0.5) is 5.69 Å². The summed E-state index contributed by atoms with van der Waals surface area (Å²) in [7, 11) is 29.7. The Labute approximate surface area is 923 Å². The maximum absolute atomic E-state index is 8.38. The van der Waals surface area contributed by atoms with Crippen LogP contribution in [0.2, 0.25) is 0 Å². The summed E-state index contributed by atoms with van der Waals surface area (Å²) in [6, 6.07) is 42.9. The zero-order chi connectivity index (χ0) is 112. The number of hydrogen-bond acceptors (Lipinski definition) is 1. The normalized spacial score (nSPS) is 11.9. The summed E-state index contributed by atoms with van der Waals surface area (Å²) >= 11 is 0. The summed E-state index contributed by atoms with van der Waals surface area (Å²) < 4.78 is 12.8. The third-order valence-corrected chi connectivity index (χ3v) is 30.8. The molecule has 12 nitrogen and oxygen atoms in total. The van der Waals surface area contributed by atoms with Crippen molar-refractivity contribution in [2.75, 3.05) is 269 Å². The van der Waals surface area contributed by atoms with E-state index in [-0.39, 0.29) is 6.73 Å². The van der Waals surface area contributed by atoms with Crippen LogP contribution < -0.4 is 4.48 Å². The number of aliphatic hydroxyl groups excluding tert-OH is 1. The van der Waals surface area contributed by atoms with Crippen molar-refractivity contribution in [3.8, 4) is 0 Å². The van der Waals surface area contributed by atoms with Gasteiger partial charge in [0.2, 0.25) is 0 Å². The highest BCUT2D eigenvalue weighted by Gasteiger charge is 2.30. The van der Waals surface area contributed by atoms with Crippen LogP contribution in [0.1, 0.15) is 459 Å². The van der Waals surface area contributed by atoms with Gasteiger partial charge in [-0.1, -0.05) is 361 Å². The van der Waals surface area contributed by atoms with Crippen molar-refractivity contribution in [3.05, 3.63) is 138 Å². The predicted octanol–water partition coefficient (Wildman–Crippen LogP) is 35.3. The van der Waals surface area contributed by atoms with Gasteiger partial charge in [0.25, 0.3) is 0 Å². The van der Waals surface area contributed by atoms with Gasteiger partial charge in [-0.25, -0.2) is 0 Å². The first kappa shape index (κ1) is 155. The van der Waals surface area contributed by atoms with Crippen LogP contribution in [0.3, 0.4) is 0 Å². The quantitative estimate of drug-likeness (QED) is 0.0265. The third-order valence-electron chi connectivity index (χ3n) is 30.8. The van der Waals surface area contributed by atoms with E-state index >= 15 is 0 Å². The Morgan fingerprint density at radius 1 is 0.164 bits per heavy atom. The Morgan fingerprint density at radius 2 is 0.342 bits per heavy atom. The fourth-order valence-corrected chi connectivity index (χ4v) is 19.8. The van der Waals surface area contributed by atoms with Crippen LogP contribution in [0.25, 0.3) is 0 Å². The molecule has 0 aromatic heterocycles. The van der Waals surface area contributed by atoms with Gasteiger partial charge in [-0.15, -0.1) is 0 Å². The molecule has 4 aromatic carbocycles. The number of rotatable bonds is 75. The van der Waals surface area contributed by atoms with E-state index in [0.717, 1.165) is 20.0 Å². The second kappa shape index (κ2) is 102. The topological polar surface area (TPSA) is 20.2 Å². The van der Waals surface area contributed by atoms with Crippen LogP contribution >= 0.6 is 0 Å². The summed E-state index contributed by atoms with van der Waals surface area (Å²) in [6.07, 6.45) is 59.2. The molecule has 12 heteroatoms. The van der Waals surface area contributed by atoms with Gasteiger partial charge in [-0.05, 0) is 203 Å². The third kappa shape index (κ3) is 95.1. The molecule has 0 aliphatic heterocycles. The molecule has 0 aliphatic carbocycles. The monoisotopic (exact) mass is 2060 g/mol. The van der Waals surface area contributed by atoms with Gasteiger partial charge >= 0.3 is 0 Å². The molecule has 0 radical (unpaired) electrons. The van der Waals surface area contributed by atoms with Gasteiger partial charge < -0.3 is 49.9 Å². The van der Waals surface area contributed by atoms with Crippen molar-refractivity contribution < 1.29 is 49.9 Å². The highest BCUT2D eigenvalue weighted by Crippen LogP contribution is 2.26. The number of unbranched alkanes of at least 4 members (excludes halogenated alkanes) is 27. The predicted molar refractivity (Wildman–Crippen MR) is 669 cm³/mol. The average molecular weight is 2060 g/mol. The highest BCUT2D eigenvalue weighted by molar-refractivity contribution is 5.40. The summed E-state index contributed by atoms with van der Waals surface area (Å²) in [5.74, 6) is 0. The summed E-state index contributed by atoms with van der Waals surface area (Å²) in [6.45, 7) is 95.0. The molecule has 0 spiro atoms. The first-order valence-electron chi connectivity index (χ1n) is 63.4. The number of nitrogens with zero attached hydrogens (tertiary/aromatic N) is 11. The Bertz CT molecular complexity index is 2960. The SMILES string of the molecule is CCCCCCCC[N+](CCCCCCCC)(CCCCCCCC)CCCCCCCC.CCCC[N+](CCCC)(CCCC)CCCC.CCCC[N+](CCCC)(CCCC)Cc1ccccc1.CCC[N+](CCC)(CCC)CCC.CC[N+](C)(CC)CC.CC[N+](CC)(CC)CC.CC[N+](CC)(CC)Cc1ccccc1.C[N+](C)(C)C.C[N+](C)(C)CO.C[N+](C)(C)Cc1ccccc1.C[N+](C)(C)c1ccccc1. The molecule has 0 unspecified atom stereocenters. The van der Waals surface area contributed by atoms with Gasteiger partial charge in [0.05, 0.1) is 262 Å². The van der Waals surface area contributed by atoms with Crippen LogP contribution in [-0.2, 0) is 19.6 Å². The van der Waals surface area contributed by atoms with Gasteiger partial charge in [0, 0.05) is 16.7 Å². The molecule has 0 aliphatic rings. The lowest BCUT2D eigenvalue weighted by molar-refractivity contribution is -0.941. The highest BCUT2D eigenvalue weighted by atomic mass is 16.3. The van der Waals surface area contributed by atoms with Crippen molar-refractivity contribution in [2.45, 2.75) is 462 Å². The molecule has 0 bridgehead atoms. The smallest absolute Gasteiger partial charge is 0.179 e. The van der Waals surface area contributed by atoms with E-state index < -0.39 is 0 Å². The maximum atomic E-state index is 8.38. The number of para-hydroxylation sites is 1. The van der Waals surface area contributed by atoms with Gasteiger partial charge in [-0.3, -0.25) is 4.48 Å². The van der Waals surface area contributed by atoms with Crippen molar-refractivity contribution in [2.24, 2.45) is 0 Å². The molecule has 4 rings (SSSR count). The standard InChI is InChI=1S/C32H68N.C19H34N.C16H36N.C13H22N.C12H28N.C10H16N.C9H14N.C8H20N.C7H18N.C4H12NO.C4H12N/c1-5-9-13-17-21-25-29-33(30-26-22-18-14-10-6-2,31-27-23-19-15-11-7-3)32-28-24-20-16-12-8-4;1-4-7-15-20(16-8-5-2,17-9-6-3)18-19-13-11-10-12-14-19;1-5-9-13-17(14-10-6-2,15-11-7-3)16-12-8-4;1-4-14(5-2,6-3)12-13-10-8-7-9-11-13;1-5-9-13(10-6-2,11-7-3)12-8-4;1-11(2,3)9-10-7-5-4-6-8-10;1-10(2,3)9-7-5-4-6-8-9;1-5-9(6-2,7-3)8-4;1-5-8(4,6-2)7-3;1-5(2,3)4-6;1-5(2,3)4/h5-32H2,1-4H3;10-14H,4-9,15-18H2,1-3H3;5-16H2,1-4H3;7-11H,4-6,12H2,1-3H3;5-12H2,1-4H3;4-8H,9H2,1-3H3;4-8H,1-3H3;5-8H2,1-4H3;5-7H2,1-4H3;6H,4H2,1-3H3;1-4H3/q11*+1. The molecule has 1 N–H and O–H groups in total. The van der Waals surface area contributed by atoms with Crippen molar-refractivity contribution in [1.29, 1.82) is 0 Å². The molecule has 0 saturated carbocycles. The number of benzene rings is 4. The van der Waals surface area contributed by atoms with Crippen LogP contribution in [0.5, 0.6) is 0 Å². The fraction of sp³-hybridized carbons (Fsp3) is 0.821. The lowest BCUT2D eigenvalue weighted by Crippen LogP contribution is -2.50. The van der Waals surface area contributed by atoms with Crippen molar-refractivity contribution >= 4 is 5.69 Å². The summed E-state index contributed by atoms with van der Waals surface area (Å²) in [4.78, 5) is 0. The first-order valence-corrected chi connectivity index (χ1v) is 63.4. The molecule has 866 valence electrons. The second-order valence-corrected chi connectivity index (χ2v) is 48.9. The van der Waals surface area contributed by atoms with E-state index in [2.05, 4.69) is 366 Å². The minimum atomic E-state index is 0.208. The van der Waals surface area contributed by atoms with Gasteiger partial charge in [0.1, 0.15) is 25.3 Å². The second-order valence-electron chi connectivity index (χ2n) is 48.9. The zero-order valence-electron chi connectivity index (χ0n) is 108. The fourth-order valence-electron chi connectivity index (χ4n) is 19.8. The van der Waals surface area contributed by atoms with Gasteiger partial charge in [0.15, 0.2) is 6.73 Å². The molecular weight excluding hydrogens is 1780 g/mol. The van der Waals surface area contributed by atoms with Crippen LogP contribution in [0.15, 0.2) is 121 Å². The molecule has 0 atom stereocenters. The minimum Gasteiger partial charge on any atom is -0.347 e. The first-order chi connectivity index (χ1) is 69.4. The largest absolute Gasteiger partial charge is 0.347 e. The molecule has 4 aromatic rings. The average Bonchev–Trinajstić information content (AvgIpc) is 1.66. The molecule has 0 fully saturated rings. The minimum absolute atomic E-state index is 0.208. The number of aliphatic hydroxyl groups is 1. The van der Waals surface area contributed by atoms with E-state index in [0.29, 0.717) is 4.48 Å². The molecule has 146 heavy (non-hydrogen) atoms. The molecule has 0 heterocycles. The van der Waals surface area contributed by atoms with E-state index in [9.17, 15) is 0 Å². The summed E-state index contributed by atoms with van der Waals surface area (Å²) in [5, 5.41) is 8.38. The van der Waals surface area contributed by atoms with E-state index in [1.165, 1.54) is 500 Å². The van der Waals surface area contributed by atoms with Crippen molar-refractivity contribution in [1.82, 2.24) is 4.48 Å². The summed E-state index contributed by atoms with van der Waals surface area (Å²) in [5.41, 5.74) is 5.70. The number of hydrogen-bond donors (Lipinski definition) is 1. The van der Waals surface area contributed by atoms with E-state index in [1.54, 1.807) is 0 Å². The van der Waals surface area contributed by atoms with Crippen molar-refractivity contribution in [3.63, 3.8) is 0 Å². The zero-order valence-corrected chi connectivity index (χ0v) is 108. The van der Waals surface area contributed by atoms with E-state index in [1.807, 2.05) is 27.2 Å². The Hall–Kier alpha value is -3.60. The Morgan fingerprint density at radius 3 is 0.507 bits per heavy atom. The Kier molecular flexibility index (Phi) is 108. The van der Waals surface area contributed by atoms with Crippen LogP contribution in [0, 0.1) is 0 Å². The number of quaternary nitrogens is 11. The molecular formula is C134H280N11O+11. The molecule has 0 saturated heterocycles. The maximum Gasteiger partial charge on any atom is 0.179 e. The Balaban J connectivity index is -0.000000303. The van der Waals surface area contributed by atoms with Crippen LogP contribution in [-0.4, -0.2) is 319 Å². The lowest BCUT2D eigenvalue weighted by Gasteiger charge is -2.40. The lowest BCUT2D eigenvalue weighted by atomic mass is 10.0. The van der Waals surface area contributed by atoms with E-state index in [4.69, 9.17) is 5.11 Å².